The van der Waals surface area contributed by atoms with Gasteiger partial charge in [-0.3, -0.25) is 10.2 Å². The number of imide groups is 1. The number of urea groups is 1. The number of carbonyl (C=O) groups is 2. The molecule has 2 aliphatic heterocycles. The van der Waals surface area contributed by atoms with Gasteiger partial charge in [-0.1, -0.05) is 12.1 Å². The highest BCUT2D eigenvalue weighted by molar-refractivity contribution is 7.80. The maximum Gasteiger partial charge on any atom is 0.344 e. The van der Waals surface area contributed by atoms with Gasteiger partial charge < -0.3 is 20.1 Å². The molecule has 2 atom stereocenters. The van der Waals surface area contributed by atoms with Gasteiger partial charge in [0.1, 0.15) is 11.3 Å². The number of carbonyl (C=O) groups excluding carboxylic acids is 2. The molecule has 0 bridgehead atoms. The molecular weight excluding hydrogens is 356 g/mol. The lowest BCUT2D eigenvalue weighted by atomic mass is 9.92. The lowest BCUT2D eigenvalue weighted by Crippen LogP contribution is -2.52. The molecule has 0 radical (unpaired) electrons. The van der Waals surface area contributed by atoms with Crippen LogP contribution in [0, 0.1) is 0 Å². The molecule has 0 spiro atoms. The van der Waals surface area contributed by atoms with Gasteiger partial charge in [-0.15, -0.1) is 0 Å². The number of methoxy groups -OCH3 is 1. The molecule has 0 saturated carbocycles. The van der Waals surface area contributed by atoms with Crippen molar-refractivity contribution in [2.24, 2.45) is 0 Å². The lowest BCUT2D eigenvalue weighted by Gasteiger charge is -2.23. The first kappa shape index (κ1) is 18.4. The van der Waals surface area contributed by atoms with Crippen molar-refractivity contribution in [3.63, 3.8) is 0 Å². The van der Waals surface area contributed by atoms with E-state index in [2.05, 4.69) is 16.1 Å². The van der Waals surface area contributed by atoms with Gasteiger partial charge in [0.05, 0.1) is 13.2 Å². The molecule has 3 N–H and O–H groups in total. The average molecular weight is 378 g/mol. The van der Waals surface area contributed by atoms with Crippen molar-refractivity contribution in [2.75, 3.05) is 20.3 Å². The van der Waals surface area contributed by atoms with Crippen molar-refractivity contribution in [1.29, 1.82) is 0 Å². The van der Waals surface area contributed by atoms with Crippen LogP contribution >= 0.6 is 12.2 Å². The van der Waals surface area contributed by atoms with Crippen molar-refractivity contribution >= 4 is 29.3 Å². The molecule has 0 aromatic heterocycles. The zero-order valence-electron chi connectivity index (χ0n) is 14.7. The van der Waals surface area contributed by atoms with Crippen LogP contribution in [-0.4, -0.2) is 48.4 Å². The first-order valence-corrected chi connectivity index (χ1v) is 8.82. The molecular formula is C17H22N4O4S. The third-order valence-corrected chi connectivity index (χ3v) is 4.82. The lowest BCUT2D eigenvalue weighted by molar-refractivity contribution is -0.132. The van der Waals surface area contributed by atoms with E-state index in [1.54, 1.807) is 38.3 Å². The quantitative estimate of drug-likeness (QED) is 0.520. The van der Waals surface area contributed by atoms with Gasteiger partial charge in [-0.25, -0.2) is 4.79 Å². The number of benzene rings is 1. The van der Waals surface area contributed by atoms with Gasteiger partial charge >= 0.3 is 6.03 Å². The first-order valence-electron chi connectivity index (χ1n) is 8.41. The number of rotatable bonds is 5. The molecule has 8 nitrogen and oxygen atoms in total. The highest BCUT2D eigenvalue weighted by atomic mass is 32.1. The fourth-order valence-corrected chi connectivity index (χ4v) is 3.19. The van der Waals surface area contributed by atoms with E-state index in [9.17, 15) is 9.59 Å². The number of hydrazine groups is 1. The number of nitrogens with zero attached hydrogens (tertiary/aromatic N) is 1. The summed E-state index contributed by atoms with van der Waals surface area (Å²) in [5.41, 5.74) is 2.13. The second-order valence-corrected chi connectivity index (χ2v) is 6.79. The summed E-state index contributed by atoms with van der Waals surface area (Å²) in [7, 11) is 1.56. The summed E-state index contributed by atoms with van der Waals surface area (Å²) in [5.74, 6) is 0.234. The molecule has 9 heteroatoms. The van der Waals surface area contributed by atoms with Crippen LogP contribution in [0.15, 0.2) is 24.3 Å². The summed E-state index contributed by atoms with van der Waals surface area (Å²) in [6, 6.07) is 6.41. The number of hydrogen-bond donors (Lipinski definition) is 3. The minimum atomic E-state index is -1.18. The van der Waals surface area contributed by atoms with Gasteiger partial charge in [0.25, 0.3) is 5.91 Å². The molecule has 0 unspecified atom stereocenters. The highest BCUT2D eigenvalue weighted by Gasteiger charge is 2.49. The number of hydrogen-bond acceptors (Lipinski definition) is 5. The Balaban J connectivity index is 1.64. The Hall–Kier alpha value is -2.39. The second-order valence-electron chi connectivity index (χ2n) is 6.38. The van der Waals surface area contributed by atoms with Crippen LogP contribution in [0.25, 0.3) is 0 Å². The Morgan fingerprint density at radius 2 is 2.15 bits per heavy atom. The van der Waals surface area contributed by atoms with Crippen molar-refractivity contribution in [1.82, 2.24) is 21.1 Å². The minimum absolute atomic E-state index is 0.0995. The van der Waals surface area contributed by atoms with E-state index in [0.29, 0.717) is 17.9 Å². The number of thiocarbonyl (C=S) groups is 1. The van der Waals surface area contributed by atoms with E-state index < -0.39 is 17.5 Å². The van der Waals surface area contributed by atoms with Crippen LogP contribution in [0.2, 0.25) is 0 Å². The monoisotopic (exact) mass is 378 g/mol. The minimum Gasteiger partial charge on any atom is -0.497 e. The van der Waals surface area contributed by atoms with Gasteiger partial charge in [-0.05, 0) is 49.7 Å². The molecule has 3 rings (SSSR count). The van der Waals surface area contributed by atoms with Crippen molar-refractivity contribution in [2.45, 2.75) is 31.4 Å². The summed E-state index contributed by atoms with van der Waals surface area (Å²) in [5, 5.41) is 6.78. The largest absolute Gasteiger partial charge is 0.497 e. The summed E-state index contributed by atoms with van der Waals surface area (Å²) >= 11 is 5.19. The van der Waals surface area contributed by atoms with E-state index >= 15 is 0 Å². The van der Waals surface area contributed by atoms with E-state index in [0.717, 1.165) is 24.5 Å². The van der Waals surface area contributed by atoms with Crippen LogP contribution in [-0.2, 0) is 15.1 Å². The zero-order valence-corrected chi connectivity index (χ0v) is 15.5. The zero-order chi connectivity index (χ0) is 18.7. The predicted octanol–water partition coefficient (Wildman–Crippen LogP) is 1.02. The SMILES string of the molecule is COc1ccc([C@]2(C)NC(=O)N(NC(=S)NC[C@H]3CCCO3)C2=O)cc1. The Morgan fingerprint density at radius 1 is 1.42 bits per heavy atom. The molecule has 1 aromatic carbocycles. The molecule has 140 valence electrons. The van der Waals surface area contributed by atoms with Crippen molar-refractivity contribution < 1.29 is 19.1 Å². The maximum absolute atomic E-state index is 12.8. The smallest absolute Gasteiger partial charge is 0.344 e. The van der Waals surface area contributed by atoms with Crippen molar-refractivity contribution in [3.05, 3.63) is 29.8 Å². The molecule has 3 amide bonds. The summed E-state index contributed by atoms with van der Waals surface area (Å²) in [4.78, 5) is 25.1. The summed E-state index contributed by atoms with van der Waals surface area (Å²) < 4.78 is 10.6. The Labute approximate surface area is 157 Å². The number of ether oxygens (including phenoxy) is 2. The van der Waals surface area contributed by atoms with Gasteiger partial charge in [0.2, 0.25) is 0 Å². The highest BCUT2D eigenvalue weighted by Crippen LogP contribution is 2.29. The molecule has 0 aliphatic carbocycles. The molecule has 2 saturated heterocycles. The van der Waals surface area contributed by atoms with Gasteiger partial charge in [0.15, 0.2) is 5.11 Å². The third-order valence-electron chi connectivity index (χ3n) is 4.59. The summed E-state index contributed by atoms with van der Waals surface area (Å²) in [6.07, 6.45) is 2.09. The fourth-order valence-electron chi connectivity index (χ4n) is 3.01. The molecule has 2 aliphatic rings. The maximum atomic E-state index is 12.8. The molecule has 26 heavy (non-hydrogen) atoms. The number of nitrogens with one attached hydrogen (secondary N) is 3. The van der Waals surface area contributed by atoms with Crippen LogP contribution in [0.3, 0.4) is 0 Å². The Morgan fingerprint density at radius 3 is 2.77 bits per heavy atom. The average Bonchev–Trinajstić information content (AvgIpc) is 3.23. The topological polar surface area (TPSA) is 91.9 Å². The van der Waals surface area contributed by atoms with Crippen LogP contribution < -0.4 is 20.8 Å². The Kier molecular flexibility index (Phi) is 5.28. The standard InChI is InChI=1S/C17H22N4O4S/c1-17(11-5-7-12(24-2)8-6-11)14(22)21(16(23)19-17)20-15(26)18-10-13-4-3-9-25-13/h5-8,13H,3-4,9-10H2,1-2H3,(H,19,23)(H2,18,20,26)/t13-,17+/m1/s1. The van der Waals surface area contributed by atoms with E-state index in [4.69, 9.17) is 21.7 Å². The fraction of sp³-hybridized carbons (Fsp3) is 0.471. The normalized spacial score (nSPS) is 25.2. The predicted molar refractivity (Wildman–Crippen MR) is 98.4 cm³/mol. The molecule has 2 fully saturated rings. The van der Waals surface area contributed by atoms with E-state index in [-0.39, 0.29) is 11.2 Å². The van der Waals surface area contributed by atoms with Crippen LogP contribution in [0.4, 0.5) is 4.79 Å². The Bertz CT molecular complexity index is 705. The van der Waals surface area contributed by atoms with Crippen LogP contribution in [0.1, 0.15) is 25.3 Å². The van der Waals surface area contributed by atoms with E-state index in [1.807, 2.05) is 0 Å². The van der Waals surface area contributed by atoms with Crippen molar-refractivity contribution in [3.8, 4) is 5.75 Å². The molecule has 2 heterocycles. The van der Waals surface area contributed by atoms with Gasteiger partial charge in [-0.2, -0.15) is 5.01 Å². The first-order chi connectivity index (χ1) is 12.4. The van der Waals surface area contributed by atoms with Crippen LogP contribution in [0.5, 0.6) is 5.75 Å². The molecule has 1 aromatic rings. The third kappa shape index (κ3) is 3.58. The van der Waals surface area contributed by atoms with E-state index in [1.165, 1.54) is 0 Å². The van der Waals surface area contributed by atoms with Gasteiger partial charge in [0, 0.05) is 13.2 Å². The second kappa shape index (κ2) is 7.46. The summed E-state index contributed by atoms with van der Waals surface area (Å²) in [6.45, 7) is 2.94. The number of amides is 3.